The number of halogens is 1. The maximum atomic E-state index is 8.41. The van der Waals surface area contributed by atoms with Crippen molar-refractivity contribution in [2.75, 3.05) is 0 Å². The van der Waals surface area contributed by atoms with Crippen LogP contribution in [0.1, 0.15) is 19.2 Å². The van der Waals surface area contributed by atoms with E-state index < -0.39 is 0 Å². The standard InChI is InChI=1S/C9H14N3.HI/c1-3-11-7-8-12(9(11)2)6-4-5-10;/h7-8H,3-4,6H2,1-2H3;1H/q+1;/p-1. The molecular weight excluding hydrogens is 277 g/mol. The van der Waals surface area contributed by atoms with Gasteiger partial charge in [0.15, 0.2) is 0 Å². The highest BCUT2D eigenvalue weighted by atomic mass is 127. The molecule has 0 aromatic carbocycles. The van der Waals surface area contributed by atoms with Crippen LogP contribution in [0, 0.1) is 18.3 Å². The zero-order valence-electron chi connectivity index (χ0n) is 8.00. The molecule has 0 atom stereocenters. The van der Waals surface area contributed by atoms with Crippen LogP contribution in [0.5, 0.6) is 0 Å². The minimum absolute atomic E-state index is 0. The Morgan fingerprint density at radius 1 is 1.62 bits per heavy atom. The fourth-order valence-electron chi connectivity index (χ4n) is 1.28. The summed E-state index contributed by atoms with van der Waals surface area (Å²) in [7, 11) is 0. The number of aromatic nitrogens is 2. The molecule has 0 radical (unpaired) electrons. The van der Waals surface area contributed by atoms with Crippen molar-refractivity contribution in [1.29, 1.82) is 5.26 Å². The van der Waals surface area contributed by atoms with Crippen molar-refractivity contribution in [2.45, 2.75) is 33.4 Å². The van der Waals surface area contributed by atoms with Crippen molar-refractivity contribution in [2.24, 2.45) is 0 Å². The van der Waals surface area contributed by atoms with E-state index >= 15 is 0 Å². The summed E-state index contributed by atoms with van der Waals surface area (Å²) < 4.78 is 4.27. The van der Waals surface area contributed by atoms with E-state index in [0.717, 1.165) is 13.1 Å². The van der Waals surface area contributed by atoms with Gasteiger partial charge >= 0.3 is 0 Å². The molecule has 0 aliphatic carbocycles. The highest BCUT2D eigenvalue weighted by molar-refractivity contribution is 4.79. The molecule has 1 aromatic rings. The van der Waals surface area contributed by atoms with Gasteiger partial charge in [0, 0.05) is 6.92 Å². The minimum atomic E-state index is 0. The van der Waals surface area contributed by atoms with Crippen LogP contribution in [0.25, 0.3) is 0 Å². The third-order valence-corrected chi connectivity index (χ3v) is 2.06. The Bertz CT molecular complexity index is 298. The van der Waals surface area contributed by atoms with E-state index in [9.17, 15) is 0 Å². The third kappa shape index (κ3) is 2.99. The molecule has 13 heavy (non-hydrogen) atoms. The molecule has 4 heteroatoms. The van der Waals surface area contributed by atoms with Gasteiger partial charge in [-0.05, 0) is 6.92 Å². The summed E-state index contributed by atoms with van der Waals surface area (Å²) >= 11 is 0. The van der Waals surface area contributed by atoms with Gasteiger partial charge in [-0.2, -0.15) is 5.26 Å². The Labute approximate surface area is 96.0 Å². The Balaban J connectivity index is 0.00000144. The summed E-state index contributed by atoms with van der Waals surface area (Å²) in [5, 5.41) is 8.41. The summed E-state index contributed by atoms with van der Waals surface area (Å²) in [6.07, 6.45) is 4.65. The fraction of sp³-hybridized carbons (Fsp3) is 0.556. The first-order chi connectivity index (χ1) is 5.79. The summed E-state index contributed by atoms with van der Waals surface area (Å²) in [4.78, 5) is 0. The van der Waals surface area contributed by atoms with E-state index in [2.05, 4.69) is 29.1 Å². The molecule has 0 saturated carbocycles. The van der Waals surface area contributed by atoms with E-state index in [1.807, 2.05) is 12.4 Å². The fourth-order valence-corrected chi connectivity index (χ4v) is 1.28. The van der Waals surface area contributed by atoms with Crippen LogP contribution < -0.4 is 28.5 Å². The highest BCUT2D eigenvalue weighted by Gasteiger charge is 2.08. The molecule has 1 rings (SSSR count). The van der Waals surface area contributed by atoms with Crippen LogP contribution >= 0.6 is 0 Å². The molecule has 0 fully saturated rings. The van der Waals surface area contributed by atoms with Gasteiger partial charge in [-0.15, -0.1) is 0 Å². The van der Waals surface area contributed by atoms with Crippen molar-refractivity contribution in [3.8, 4) is 6.07 Å². The molecule has 72 valence electrons. The molecule has 1 heterocycles. The Morgan fingerprint density at radius 3 is 2.77 bits per heavy atom. The lowest BCUT2D eigenvalue weighted by Gasteiger charge is -1.95. The molecule has 0 amide bonds. The minimum Gasteiger partial charge on any atom is -1.00 e. The smallest absolute Gasteiger partial charge is 0.253 e. The molecule has 0 saturated heterocycles. The predicted octanol–water partition coefficient (Wildman–Crippen LogP) is -1.98. The monoisotopic (exact) mass is 291 g/mol. The Kier molecular flexibility index (Phi) is 5.71. The molecule has 0 bridgehead atoms. The molecule has 0 aliphatic rings. The first-order valence-corrected chi connectivity index (χ1v) is 4.21. The second-order valence-electron chi connectivity index (χ2n) is 2.73. The van der Waals surface area contributed by atoms with Crippen molar-refractivity contribution >= 4 is 0 Å². The zero-order chi connectivity index (χ0) is 8.97. The van der Waals surface area contributed by atoms with Crippen LogP contribution in [-0.2, 0) is 13.1 Å². The lowest BCUT2D eigenvalue weighted by molar-refractivity contribution is -0.701. The second-order valence-corrected chi connectivity index (χ2v) is 2.73. The Hall–Kier alpha value is -0.570. The van der Waals surface area contributed by atoms with E-state index in [0.29, 0.717) is 6.42 Å². The van der Waals surface area contributed by atoms with Crippen molar-refractivity contribution in [3.05, 3.63) is 18.2 Å². The molecular formula is C9H14IN3. The topological polar surface area (TPSA) is 32.6 Å². The average molecular weight is 291 g/mol. The number of imidazole rings is 1. The van der Waals surface area contributed by atoms with Crippen LogP contribution in [0.3, 0.4) is 0 Å². The summed E-state index contributed by atoms with van der Waals surface area (Å²) in [5.74, 6) is 1.22. The van der Waals surface area contributed by atoms with Crippen LogP contribution in [0.15, 0.2) is 12.4 Å². The number of hydrogen-bond acceptors (Lipinski definition) is 1. The molecule has 1 aromatic heterocycles. The van der Waals surface area contributed by atoms with Gasteiger partial charge in [0.2, 0.25) is 0 Å². The van der Waals surface area contributed by atoms with Crippen LogP contribution in [0.2, 0.25) is 0 Å². The van der Waals surface area contributed by atoms with Crippen molar-refractivity contribution in [3.63, 3.8) is 0 Å². The predicted molar refractivity (Wildman–Crippen MR) is 45.3 cm³/mol. The Morgan fingerprint density at radius 2 is 2.31 bits per heavy atom. The van der Waals surface area contributed by atoms with Gasteiger partial charge in [0.05, 0.1) is 19.0 Å². The lowest BCUT2D eigenvalue weighted by atomic mass is 10.4. The summed E-state index contributed by atoms with van der Waals surface area (Å²) in [5.41, 5.74) is 0. The van der Waals surface area contributed by atoms with Crippen molar-refractivity contribution in [1.82, 2.24) is 4.57 Å². The van der Waals surface area contributed by atoms with Crippen LogP contribution in [0.4, 0.5) is 0 Å². The molecule has 0 unspecified atom stereocenters. The lowest BCUT2D eigenvalue weighted by Crippen LogP contribution is -3.00. The van der Waals surface area contributed by atoms with Gasteiger partial charge in [-0.1, -0.05) is 0 Å². The van der Waals surface area contributed by atoms with E-state index in [1.54, 1.807) is 0 Å². The second kappa shape index (κ2) is 5.97. The number of aryl methyl sites for hydroxylation is 2. The quantitative estimate of drug-likeness (QED) is 0.469. The maximum absolute atomic E-state index is 8.41. The first-order valence-electron chi connectivity index (χ1n) is 4.21. The van der Waals surface area contributed by atoms with Crippen LogP contribution in [-0.4, -0.2) is 4.57 Å². The largest absolute Gasteiger partial charge is 1.00 e. The SMILES string of the molecule is CCn1cc[n+](CCC#N)c1C.[I-]. The molecule has 0 aliphatic heterocycles. The number of hydrogen-bond donors (Lipinski definition) is 0. The van der Waals surface area contributed by atoms with E-state index in [1.165, 1.54) is 5.82 Å². The molecule has 3 nitrogen and oxygen atoms in total. The van der Waals surface area contributed by atoms with Gasteiger partial charge in [-0.3, -0.25) is 0 Å². The zero-order valence-corrected chi connectivity index (χ0v) is 10.2. The number of rotatable bonds is 3. The summed E-state index contributed by atoms with van der Waals surface area (Å²) in [6.45, 7) is 5.98. The van der Waals surface area contributed by atoms with Gasteiger partial charge in [0.1, 0.15) is 18.9 Å². The molecule has 0 N–H and O–H groups in total. The van der Waals surface area contributed by atoms with Gasteiger partial charge in [-0.25, -0.2) is 9.13 Å². The van der Waals surface area contributed by atoms with E-state index in [-0.39, 0.29) is 24.0 Å². The maximum Gasteiger partial charge on any atom is 0.253 e. The van der Waals surface area contributed by atoms with Gasteiger partial charge in [0.25, 0.3) is 5.82 Å². The van der Waals surface area contributed by atoms with Crippen molar-refractivity contribution < 1.29 is 28.5 Å². The third-order valence-electron chi connectivity index (χ3n) is 2.06. The normalized spacial score (nSPS) is 9.00. The average Bonchev–Trinajstić information content (AvgIpc) is 2.43. The van der Waals surface area contributed by atoms with Gasteiger partial charge < -0.3 is 24.0 Å². The highest BCUT2D eigenvalue weighted by Crippen LogP contribution is 1.93. The number of nitrogens with zero attached hydrogens (tertiary/aromatic N) is 3. The first kappa shape index (κ1) is 12.4. The van der Waals surface area contributed by atoms with E-state index in [4.69, 9.17) is 5.26 Å². The molecule has 0 spiro atoms. The number of nitriles is 1. The summed E-state index contributed by atoms with van der Waals surface area (Å²) in [6, 6.07) is 2.14.